The number of hydrogen-bond donors (Lipinski definition) is 1. The fourth-order valence-electron chi connectivity index (χ4n) is 1.07. The number of rotatable bonds is 3. The SMILES string of the molecule is C=C(C)C(=O)Oc1cc(O)cc(C(=O)OC)c1. The number of ether oxygens (including phenoxy) is 2. The van der Waals surface area contributed by atoms with Gasteiger partial charge in [-0.1, -0.05) is 6.58 Å². The van der Waals surface area contributed by atoms with Crippen molar-refractivity contribution in [3.05, 3.63) is 35.9 Å². The van der Waals surface area contributed by atoms with E-state index in [2.05, 4.69) is 11.3 Å². The minimum atomic E-state index is -0.633. The van der Waals surface area contributed by atoms with Crippen molar-refractivity contribution >= 4 is 11.9 Å². The molecule has 1 aromatic rings. The third kappa shape index (κ3) is 3.34. The van der Waals surface area contributed by atoms with Gasteiger partial charge in [0, 0.05) is 11.6 Å². The topological polar surface area (TPSA) is 72.8 Å². The maximum atomic E-state index is 11.3. The van der Waals surface area contributed by atoms with Gasteiger partial charge >= 0.3 is 11.9 Å². The molecule has 0 fully saturated rings. The molecule has 0 saturated heterocycles. The van der Waals surface area contributed by atoms with E-state index in [4.69, 9.17) is 4.74 Å². The van der Waals surface area contributed by atoms with Crippen molar-refractivity contribution in [3.63, 3.8) is 0 Å². The van der Waals surface area contributed by atoms with E-state index >= 15 is 0 Å². The monoisotopic (exact) mass is 236 g/mol. The lowest BCUT2D eigenvalue weighted by molar-refractivity contribution is -0.130. The van der Waals surface area contributed by atoms with Gasteiger partial charge in [0.25, 0.3) is 0 Å². The van der Waals surface area contributed by atoms with Crippen LogP contribution in [-0.2, 0) is 9.53 Å². The van der Waals surface area contributed by atoms with Crippen molar-refractivity contribution in [2.75, 3.05) is 7.11 Å². The molecule has 5 heteroatoms. The number of phenolic OH excluding ortho intramolecular Hbond substituents is 1. The summed E-state index contributed by atoms with van der Waals surface area (Å²) in [6.07, 6.45) is 0. The number of phenols is 1. The molecule has 0 heterocycles. The second-order valence-corrected chi connectivity index (χ2v) is 3.38. The predicted octanol–water partition coefficient (Wildman–Crippen LogP) is 1.66. The highest BCUT2D eigenvalue weighted by molar-refractivity contribution is 5.92. The Balaban J connectivity index is 3.01. The van der Waals surface area contributed by atoms with Crippen molar-refractivity contribution in [3.8, 4) is 11.5 Å². The van der Waals surface area contributed by atoms with E-state index < -0.39 is 11.9 Å². The second kappa shape index (κ2) is 5.16. The van der Waals surface area contributed by atoms with Crippen LogP contribution in [0.3, 0.4) is 0 Å². The molecule has 0 bridgehead atoms. The molecule has 17 heavy (non-hydrogen) atoms. The standard InChI is InChI=1S/C12H12O5/c1-7(2)11(14)17-10-5-8(12(15)16-3)4-9(13)6-10/h4-6,13H,1H2,2-3H3. The highest BCUT2D eigenvalue weighted by Crippen LogP contribution is 2.22. The molecule has 90 valence electrons. The minimum absolute atomic E-state index is 0.0541. The highest BCUT2D eigenvalue weighted by atomic mass is 16.5. The van der Waals surface area contributed by atoms with Crippen LogP contribution in [0.2, 0.25) is 0 Å². The number of carbonyl (C=O) groups excluding carboxylic acids is 2. The molecule has 0 aliphatic heterocycles. The van der Waals surface area contributed by atoms with E-state index in [1.807, 2.05) is 0 Å². The maximum absolute atomic E-state index is 11.3. The zero-order valence-electron chi connectivity index (χ0n) is 9.52. The number of benzene rings is 1. The summed E-state index contributed by atoms with van der Waals surface area (Å²) in [7, 11) is 1.21. The third-order valence-corrected chi connectivity index (χ3v) is 1.87. The van der Waals surface area contributed by atoms with Crippen LogP contribution in [0.1, 0.15) is 17.3 Å². The predicted molar refractivity (Wildman–Crippen MR) is 59.9 cm³/mol. The summed E-state index contributed by atoms with van der Waals surface area (Å²) in [5.41, 5.74) is 0.310. The van der Waals surface area contributed by atoms with Gasteiger partial charge in [0.05, 0.1) is 12.7 Å². The molecule has 5 nitrogen and oxygen atoms in total. The minimum Gasteiger partial charge on any atom is -0.508 e. The normalized spacial score (nSPS) is 9.53. The van der Waals surface area contributed by atoms with Gasteiger partial charge < -0.3 is 14.6 Å². The van der Waals surface area contributed by atoms with Crippen LogP contribution < -0.4 is 4.74 Å². The Kier molecular flexibility index (Phi) is 3.87. The summed E-state index contributed by atoms with van der Waals surface area (Å²) in [6, 6.07) is 3.73. The van der Waals surface area contributed by atoms with Gasteiger partial charge in [-0.3, -0.25) is 0 Å². The fourth-order valence-corrected chi connectivity index (χ4v) is 1.07. The van der Waals surface area contributed by atoms with Crippen molar-refractivity contribution < 1.29 is 24.2 Å². The van der Waals surface area contributed by atoms with E-state index in [9.17, 15) is 14.7 Å². The largest absolute Gasteiger partial charge is 0.508 e. The van der Waals surface area contributed by atoms with Crippen LogP contribution in [0.4, 0.5) is 0 Å². The lowest BCUT2D eigenvalue weighted by Gasteiger charge is -2.06. The number of carbonyl (C=O) groups is 2. The van der Waals surface area contributed by atoms with Gasteiger partial charge in [0.15, 0.2) is 0 Å². The molecule has 0 unspecified atom stereocenters. The summed E-state index contributed by atoms with van der Waals surface area (Å²) in [5.74, 6) is -1.41. The van der Waals surface area contributed by atoms with Gasteiger partial charge in [-0.25, -0.2) is 9.59 Å². The first-order valence-electron chi connectivity index (χ1n) is 4.74. The summed E-state index contributed by atoms with van der Waals surface area (Å²) in [5, 5.41) is 9.37. The van der Waals surface area contributed by atoms with Crippen molar-refractivity contribution in [2.45, 2.75) is 6.92 Å². The lowest BCUT2D eigenvalue weighted by atomic mass is 10.2. The Morgan fingerprint density at radius 2 is 1.94 bits per heavy atom. The Morgan fingerprint density at radius 1 is 1.29 bits per heavy atom. The number of methoxy groups -OCH3 is 1. The van der Waals surface area contributed by atoms with Crippen LogP contribution >= 0.6 is 0 Å². The zero-order valence-corrected chi connectivity index (χ0v) is 9.52. The fraction of sp³-hybridized carbons (Fsp3) is 0.167. The molecule has 1 N–H and O–H groups in total. The van der Waals surface area contributed by atoms with Gasteiger partial charge in [-0.2, -0.15) is 0 Å². The summed E-state index contributed by atoms with van der Waals surface area (Å²) in [6.45, 7) is 4.91. The van der Waals surface area contributed by atoms with E-state index in [0.717, 1.165) is 0 Å². The van der Waals surface area contributed by atoms with Crippen LogP contribution in [0, 0.1) is 0 Å². The summed E-state index contributed by atoms with van der Waals surface area (Å²) >= 11 is 0. The smallest absolute Gasteiger partial charge is 0.338 e. The van der Waals surface area contributed by atoms with Gasteiger partial charge in [0.1, 0.15) is 11.5 Å². The quantitative estimate of drug-likeness (QED) is 0.491. The zero-order chi connectivity index (χ0) is 13.0. The van der Waals surface area contributed by atoms with E-state index in [1.54, 1.807) is 0 Å². The Labute approximate surface area is 98.3 Å². The Bertz CT molecular complexity index is 476. The molecule has 0 aromatic heterocycles. The number of hydrogen-bond acceptors (Lipinski definition) is 5. The lowest BCUT2D eigenvalue weighted by Crippen LogP contribution is -2.09. The first-order valence-corrected chi connectivity index (χ1v) is 4.74. The van der Waals surface area contributed by atoms with Crippen LogP contribution in [-0.4, -0.2) is 24.2 Å². The molecule has 0 aliphatic rings. The highest BCUT2D eigenvalue weighted by Gasteiger charge is 2.12. The maximum Gasteiger partial charge on any atom is 0.338 e. The molecule has 0 aliphatic carbocycles. The molecule has 1 aromatic carbocycles. The van der Waals surface area contributed by atoms with Gasteiger partial charge in [0.2, 0.25) is 0 Å². The van der Waals surface area contributed by atoms with E-state index in [1.165, 1.54) is 32.2 Å². The third-order valence-electron chi connectivity index (χ3n) is 1.87. The molecule has 0 saturated carbocycles. The average molecular weight is 236 g/mol. The van der Waals surface area contributed by atoms with Crippen LogP contribution in [0.25, 0.3) is 0 Å². The molecule has 1 rings (SSSR count). The first-order chi connectivity index (χ1) is 7.93. The summed E-state index contributed by atoms with van der Waals surface area (Å²) < 4.78 is 9.38. The van der Waals surface area contributed by atoms with Crippen LogP contribution in [0.15, 0.2) is 30.4 Å². The molecular formula is C12H12O5. The second-order valence-electron chi connectivity index (χ2n) is 3.38. The van der Waals surface area contributed by atoms with Crippen molar-refractivity contribution in [2.24, 2.45) is 0 Å². The Hall–Kier alpha value is -2.30. The van der Waals surface area contributed by atoms with Crippen LogP contribution in [0.5, 0.6) is 11.5 Å². The number of esters is 2. The van der Waals surface area contributed by atoms with E-state index in [-0.39, 0.29) is 22.6 Å². The van der Waals surface area contributed by atoms with Crippen molar-refractivity contribution in [1.29, 1.82) is 0 Å². The average Bonchev–Trinajstić information content (AvgIpc) is 2.26. The number of aromatic hydroxyl groups is 1. The van der Waals surface area contributed by atoms with E-state index in [0.29, 0.717) is 0 Å². The molecular weight excluding hydrogens is 224 g/mol. The Morgan fingerprint density at radius 3 is 2.47 bits per heavy atom. The molecule has 0 atom stereocenters. The van der Waals surface area contributed by atoms with Gasteiger partial charge in [-0.05, 0) is 19.1 Å². The summed E-state index contributed by atoms with van der Waals surface area (Å²) in [4.78, 5) is 22.5. The van der Waals surface area contributed by atoms with Gasteiger partial charge in [-0.15, -0.1) is 0 Å². The molecule has 0 radical (unpaired) electrons. The first kappa shape index (κ1) is 12.8. The molecule has 0 spiro atoms. The van der Waals surface area contributed by atoms with Crippen molar-refractivity contribution in [1.82, 2.24) is 0 Å². The molecule has 0 amide bonds.